The van der Waals surface area contributed by atoms with E-state index in [0.717, 1.165) is 19.4 Å². The Bertz CT molecular complexity index is 160. The van der Waals surface area contributed by atoms with Gasteiger partial charge in [-0.2, -0.15) is 0 Å². The second-order valence-electron chi connectivity index (χ2n) is 2.08. The molecule has 0 aromatic rings. The Morgan fingerprint density at radius 1 is 1.73 bits per heavy atom. The van der Waals surface area contributed by atoms with E-state index >= 15 is 0 Å². The highest BCUT2D eigenvalue weighted by Gasteiger charge is 1.90. The summed E-state index contributed by atoms with van der Waals surface area (Å²) < 4.78 is 0. The van der Waals surface area contributed by atoms with Crippen LogP contribution in [0.2, 0.25) is 0 Å². The molecule has 0 radical (unpaired) electrons. The van der Waals surface area contributed by atoms with Crippen LogP contribution in [0, 0.1) is 12.3 Å². The highest BCUT2D eigenvalue weighted by molar-refractivity contribution is 5.81. The highest BCUT2D eigenvalue weighted by Crippen LogP contribution is 1.81. The summed E-state index contributed by atoms with van der Waals surface area (Å²) in [6, 6.07) is 0. The van der Waals surface area contributed by atoms with Crippen molar-refractivity contribution in [3.05, 3.63) is 0 Å². The van der Waals surface area contributed by atoms with E-state index < -0.39 is 0 Å². The summed E-state index contributed by atoms with van der Waals surface area (Å²) in [6.45, 7) is 1.20. The Morgan fingerprint density at radius 3 is 3.00 bits per heavy atom. The molecule has 0 rings (SSSR count). The lowest BCUT2D eigenvalue weighted by molar-refractivity contribution is 0.317. The zero-order chi connectivity index (χ0) is 8.53. The molecule has 0 bridgehead atoms. The van der Waals surface area contributed by atoms with E-state index in [4.69, 9.17) is 17.4 Å². The van der Waals surface area contributed by atoms with Crippen molar-refractivity contribution in [2.24, 2.45) is 10.9 Å². The Labute approximate surface area is 66.5 Å². The molecule has 0 atom stereocenters. The fourth-order valence-electron chi connectivity index (χ4n) is 0.567. The molecule has 62 valence electrons. The average molecular weight is 155 g/mol. The van der Waals surface area contributed by atoms with Gasteiger partial charge >= 0.3 is 0 Å². The minimum absolute atomic E-state index is 0.186. The molecular formula is C7H13N3O. The Balaban J connectivity index is 3.10. The smallest absolute Gasteiger partial charge is 0.153 e. The summed E-state index contributed by atoms with van der Waals surface area (Å²) in [7, 11) is 0. The van der Waals surface area contributed by atoms with Crippen molar-refractivity contribution in [2.45, 2.75) is 12.8 Å². The van der Waals surface area contributed by atoms with E-state index in [1.54, 1.807) is 0 Å². The van der Waals surface area contributed by atoms with Crippen molar-refractivity contribution in [3.8, 4) is 12.3 Å². The van der Waals surface area contributed by atoms with Crippen LogP contribution in [0.25, 0.3) is 0 Å². The number of rotatable bonds is 5. The number of amidine groups is 1. The third-order valence-electron chi connectivity index (χ3n) is 1.11. The molecule has 0 aliphatic rings. The van der Waals surface area contributed by atoms with Crippen molar-refractivity contribution >= 4 is 5.84 Å². The molecule has 0 aliphatic heterocycles. The standard InChI is InChI=1S/C7H13N3O/c1-2-3-4-5-9-6-7(8)10-11/h1,9,11H,3-6H2,(H2,8,10). The molecule has 4 nitrogen and oxygen atoms in total. The molecule has 0 saturated carbocycles. The van der Waals surface area contributed by atoms with Crippen molar-refractivity contribution in [3.63, 3.8) is 0 Å². The van der Waals surface area contributed by atoms with E-state index in [-0.39, 0.29) is 5.84 Å². The van der Waals surface area contributed by atoms with Gasteiger partial charge in [0, 0.05) is 6.42 Å². The molecule has 0 heterocycles. The van der Waals surface area contributed by atoms with Crippen molar-refractivity contribution < 1.29 is 5.21 Å². The number of oxime groups is 1. The van der Waals surface area contributed by atoms with E-state index in [1.165, 1.54) is 0 Å². The predicted molar refractivity (Wildman–Crippen MR) is 44.3 cm³/mol. The SMILES string of the molecule is C#CCCCNCC(N)=NO. The lowest BCUT2D eigenvalue weighted by atomic mass is 10.3. The van der Waals surface area contributed by atoms with Crippen LogP contribution in [-0.2, 0) is 0 Å². The first kappa shape index (κ1) is 9.79. The summed E-state index contributed by atoms with van der Waals surface area (Å²) in [4.78, 5) is 0. The third-order valence-corrected chi connectivity index (χ3v) is 1.11. The number of terminal acetylenes is 1. The minimum Gasteiger partial charge on any atom is -0.409 e. The fraction of sp³-hybridized carbons (Fsp3) is 0.571. The van der Waals surface area contributed by atoms with E-state index in [1.807, 2.05) is 0 Å². The van der Waals surface area contributed by atoms with Gasteiger partial charge in [-0.05, 0) is 13.0 Å². The van der Waals surface area contributed by atoms with Crippen LogP contribution in [0.4, 0.5) is 0 Å². The molecule has 0 aromatic heterocycles. The summed E-state index contributed by atoms with van der Waals surface area (Å²) in [5, 5.41) is 13.9. The molecule has 0 aromatic carbocycles. The van der Waals surface area contributed by atoms with Gasteiger partial charge in [0.25, 0.3) is 0 Å². The lowest BCUT2D eigenvalue weighted by Crippen LogP contribution is -2.29. The second kappa shape index (κ2) is 6.90. The second-order valence-corrected chi connectivity index (χ2v) is 2.08. The summed E-state index contributed by atoms with van der Waals surface area (Å²) in [5.74, 6) is 2.70. The molecule has 0 amide bonds. The average Bonchev–Trinajstić information content (AvgIpc) is 2.04. The monoisotopic (exact) mass is 155 g/mol. The number of unbranched alkanes of at least 4 members (excludes halogenated alkanes) is 1. The van der Waals surface area contributed by atoms with E-state index in [0.29, 0.717) is 6.54 Å². The van der Waals surface area contributed by atoms with Gasteiger partial charge in [-0.15, -0.1) is 12.3 Å². The van der Waals surface area contributed by atoms with Crippen LogP contribution in [0.1, 0.15) is 12.8 Å². The largest absolute Gasteiger partial charge is 0.409 e. The Morgan fingerprint density at radius 2 is 2.45 bits per heavy atom. The molecule has 0 unspecified atom stereocenters. The number of nitrogens with zero attached hydrogens (tertiary/aromatic N) is 1. The normalized spacial score (nSPS) is 11.0. The highest BCUT2D eigenvalue weighted by atomic mass is 16.4. The Kier molecular flexibility index (Phi) is 6.14. The first-order valence-electron chi connectivity index (χ1n) is 3.42. The maximum atomic E-state index is 8.13. The summed E-state index contributed by atoms with van der Waals surface area (Å²) >= 11 is 0. The van der Waals surface area contributed by atoms with Crippen LogP contribution in [0.3, 0.4) is 0 Å². The van der Waals surface area contributed by atoms with Crippen molar-refractivity contribution in [1.82, 2.24) is 5.32 Å². The summed E-state index contributed by atoms with van der Waals surface area (Å²) in [6.07, 6.45) is 6.70. The van der Waals surface area contributed by atoms with Gasteiger partial charge in [0.1, 0.15) is 0 Å². The zero-order valence-corrected chi connectivity index (χ0v) is 6.38. The van der Waals surface area contributed by atoms with Gasteiger partial charge in [0.05, 0.1) is 6.54 Å². The maximum Gasteiger partial charge on any atom is 0.153 e. The number of nitrogens with one attached hydrogen (secondary N) is 1. The van der Waals surface area contributed by atoms with Gasteiger partial charge in [0.15, 0.2) is 5.84 Å². The minimum atomic E-state index is 0.186. The molecule has 0 fully saturated rings. The molecule has 0 aliphatic carbocycles. The topological polar surface area (TPSA) is 70.6 Å². The van der Waals surface area contributed by atoms with Crippen LogP contribution in [0.5, 0.6) is 0 Å². The van der Waals surface area contributed by atoms with E-state index in [9.17, 15) is 0 Å². The van der Waals surface area contributed by atoms with Gasteiger partial charge in [-0.25, -0.2) is 0 Å². The molecule has 0 saturated heterocycles. The quantitative estimate of drug-likeness (QED) is 0.128. The first-order valence-corrected chi connectivity index (χ1v) is 3.42. The zero-order valence-electron chi connectivity index (χ0n) is 6.38. The lowest BCUT2D eigenvalue weighted by Gasteiger charge is -1.99. The molecule has 4 N–H and O–H groups in total. The van der Waals surface area contributed by atoms with Crippen LogP contribution >= 0.6 is 0 Å². The van der Waals surface area contributed by atoms with Gasteiger partial charge in [-0.3, -0.25) is 0 Å². The number of nitrogens with two attached hydrogens (primary N) is 1. The molecule has 4 heteroatoms. The maximum absolute atomic E-state index is 8.13. The van der Waals surface area contributed by atoms with Crippen LogP contribution in [-0.4, -0.2) is 24.1 Å². The third kappa shape index (κ3) is 6.68. The number of hydrogen-bond donors (Lipinski definition) is 3. The van der Waals surface area contributed by atoms with Gasteiger partial charge in [0.2, 0.25) is 0 Å². The summed E-state index contributed by atoms with van der Waals surface area (Å²) in [5.41, 5.74) is 5.18. The molecule has 0 spiro atoms. The van der Waals surface area contributed by atoms with Crippen LogP contribution in [0.15, 0.2) is 5.16 Å². The van der Waals surface area contributed by atoms with E-state index in [2.05, 4.69) is 16.4 Å². The van der Waals surface area contributed by atoms with Crippen molar-refractivity contribution in [1.29, 1.82) is 0 Å². The first-order chi connectivity index (χ1) is 5.31. The molecular weight excluding hydrogens is 142 g/mol. The molecule has 11 heavy (non-hydrogen) atoms. The number of hydrogen-bond acceptors (Lipinski definition) is 3. The predicted octanol–water partition coefficient (Wildman–Crippen LogP) is -0.264. The van der Waals surface area contributed by atoms with Gasteiger partial charge < -0.3 is 16.3 Å². The van der Waals surface area contributed by atoms with Crippen molar-refractivity contribution in [2.75, 3.05) is 13.1 Å². The fourth-order valence-corrected chi connectivity index (χ4v) is 0.567. The Hall–Kier alpha value is -1.21. The van der Waals surface area contributed by atoms with Gasteiger partial charge in [-0.1, -0.05) is 5.16 Å². The van der Waals surface area contributed by atoms with Crippen LogP contribution < -0.4 is 11.1 Å².